The van der Waals surface area contributed by atoms with Gasteiger partial charge in [-0.05, 0) is 30.9 Å². The standard InChI is InChI=1S/C12H12N2O2/c15-12(11-5-2-6-16-11)14-13-10-7-8-3-1-4-9(8)10/h1-3,5-6,8-9H,4,7H2,(H,14,15)/t8-,9-/m0/s1. The molecule has 0 aliphatic heterocycles. The Morgan fingerprint density at radius 2 is 2.50 bits per heavy atom. The number of nitrogens with zero attached hydrogens (tertiary/aromatic N) is 1. The van der Waals surface area contributed by atoms with Gasteiger partial charge in [-0.25, -0.2) is 5.43 Å². The topological polar surface area (TPSA) is 54.6 Å². The van der Waals surface area contributed by atoms with Crippen molar-refractivity contribution < 1.29 is 9.21 Å². The molecule has 16 heavy (non-hydrogen) atoms. The highest BCUT2D eigenvalue weighted by Crippen LogP contribution is 2.39. The van der Waals surface area contributed by atoms with Gasteiger partial charge in [0.05, 0.1) is 6.26 Å². The highest BCUT2D eigenvalue weighted by atomic mass is 16.3. The first-order valence-corrected chi connectivity index (χ1v) is 5.41. The molecule has 1 N–H and O–H groups in total. The van der Waals surface area contributed by atoms with Gasteiger partial charge in [0, 0.05) is 11.6 Å². The van der Waals surface area contributed by atoms with Crippen LogP contribution in [0.4, 0.5) is 0 Å². The lowest BCUT2D eigenvalue weighted by molar-refractivity contribution is 0.0926. The Morgan fingerprint density at radius 3 is 3.25 bits per heavy atom. The summed E-state index contributed by atoms with van der Waals surface area (Å²) < 4.78 is 4.97. The fourth-order valence-corrected chi connectivity index (χ4v) is 2.25. The van der Waals surface area contributed by atoms with E-state index >= 15 is 0 Å². The Labute approximate surface area is 93.0 Å². The summed E-state index contributed by atoms with van der Waals surface area (Å²) in [5.41, 5.74) is 3.62. The molecule has 0 radical (unpaired) electrons. The molecule has 4 heteroatoms. The Balaban J connectivity index is 1.61. The van der Waals surface area contributed by atoms with Crippen molar-refractivity contribution in [2.24, 2.45) is 16.9 Å². The van der Waals surface area contributed by atoms with E-state index in [1.54, 1.807) is 12.1 Å². The fraction of sp³-hybridized carbons (Fsp3) is 0.333. The molecule has 1 saturated carbocycles. The van der Waals surface area contributed by atoms with Gasteiger partial charge < -0.3 is 4.42 Å². The number of furan rings is 1. The van der Waals surface area contributed by atoms with Crippen molar-refractivity contribution in [1.29, 1.82) is 0 Å². The maximum absolute atomic E-state index is 11.5. The van der Waals surface area contributed by atoms with Gasteiger partial charge in [0.2, 0.25) is 0 Å². The molecule has 0 spiro atoms. The second kappa shape index (κ2) is 3.63. The van der Waals surface area contributed by atoms with Crippen LogP contribution >= 0.6 is 0 Å². The third kappa shape index (κ3) is 1.46. The van der Waals surface area contributed by atoms with E-state index in [4.69, 9.17) is 4.42 Å². The largest absolute Gasteiger partial charge is 0.459 e. The summed E-state index contributed by atoms with van der Waals surface area (Å²) >= 11 is 0. The Hall–Kier alpha value is -1.84. The van der Waals surface area contributed by atoms with E-state index < -0.39 is 0 Å². The van der Waals surface area contributed by atoms with Gasteiger partial charge in [-0.2, -0.15) is 5.10 Å². The van der Waals surface area contributed by atoms with Crippen LogP contribution < -0.4 is 5.43 Å². The molecule has 0 aromatic carbocycles. The Kier molecular flexibility index (Phi) is 2.13. The van der Waals surface area contributed by atoms with E-state index in [1.807, 2.05) is 0 Å². The molecule has 2 aliphatic carbocycles. The van der Waals surface area contributed by atoms with Crippen LogP contribution in [0.2, 0.25) is 0 Å². The number of amides is 1. The maximum atomic E-state index is 11.5. The number of hydrogen-bond donors (Lipinski definition) is 1. The number of carbonyl (C=O) groups is 1. The summed E-state index contributed by atoms with van der Waals surface area (Å²) in [4.78, 5) is 11.5. The predicted octanol–water partition coefficient (Wildman–Crippen LogP) is 1.96. The van der Waals surface area contributed by atoms with Crippen molar-refractivity contribution in [1.82, 2.24) is 5.43 Å². The van der Waals surface area contributed by atoms with Crippen LogP contribution in [0.1, 0.15) is 23.4 Å². The zero-order chi connectivity index (χ0) is 11.0. The van der Waals surface area contributed by atoms with Gasteiger partial charge in [-0.1, -0.05) is 12.2 Å². The third-order valence-corrected chi connectivity index (χ3v) is 3.21. The minimum absolute atomic E-state index is 0.285. The first kappa shape index (κ1) is 9.39. The average Bonchev–Trinajstić information content (AvgIpc) is 2.88. The molecule has 0 unspecified atom stereocenters. The van der Waals surface area contributed by atoms with E-state index in [1.165, 1.54) is 6.26 Å². The van der Waals surface area contributed by atoms with Gasteiger partial charge in [-0.3, -0.25) is 4.79 Å². The van der Waals surface area contributed by atoms with Gasteiger partial charge >= 0.3 is 5.91 Å². The average molecular weight is 216 g/mol. The summed E-state index contributed by atoms with van der Waals surface area (Å²) in [5.74, 6) is 1.19. The fourth-order valence-electron chi connectivity index (χ4n) is 2.25. The van der Waals surface area contributed by atoms with Crippen molar-refractivity contribution in [3.63, 3.8) is 0 Å². The smallest absolute Gasteiger partial charge is 0.307 e. The summed E-state index contributed by atoms with van der Waals surface area (Å²) in [6, 6.07) is 3.30. The molecule has 1 fully saturated rings. The molecule has 1 aromatic rings. The molecular formula is C12H12N2O2. The lowest BCUT2D eigenvalue weighted by atomic mass is 9.74. The van der Waals surface area contributed by atoms with Crippen LogP contribution in [0.3, 0.4) is 0 Å². The van der Waals surface area contributed by atoms with E-state index in [0.29, 0.717) is 17.6 Å². The number of allylic oxidation sites excluding steroid dienone is 2. The van der Waals surface area contributed by atoms with Crippen molar-refractivity contribution in [2.45, 2.75) is 12.8 Å². The number of fused-ring (bicyclic) bond motifs is 1. The predicted molar refractivity (Wildman–Crippen MR) is 59.0 cm³/mol. The Bertz CT molecular complexity index is 459. The molecule has 82 valence electrons. The van der Waals surface area contributed by atoms with Crippen LogP contribution in [0.15, 0.2) is 40.1 Å². The molecule has 4 nitrogen and oxygen atoms in total. The monoisotopic (exact) mass is 216 g/mol. The normalized spacial score (nSPS) is 28.9. The van der Waals surface area contributed by atoms with E-state index in [-0.39, 0.29) is 5.91 Å². The van der Waals surface area contributed by atoms with Crippen molar-refractivity contribution in [3.8, 4) is 0 Å². The van der Waals surface area contributed by atoms with Gasteiger partial charge in [0.15, 0.2) is 5.76 Å². The highest BCUT2D eigenvalue weighted by molar-refractivity contribution is 5.96. The lowest BCUT2D eigenvalue weighted by Gasteiger charge is -2.31. The number of hydrazone groups is 1. The maximum Gasteiger partial charge on any atom is 0.307 e. The van der Waals surface area contributed by atoms with Crippen molar-refractivity contribution >= 4 is 11.6 Å². The third-order valence-electron chi connectivity index (χ3n) is 3.21. The van der Waals surface area contributed by atoms with Crippen LogP contribution in [0.5, 0.6) is 0 Å². The quantitative estimate of drug-likeness (QED) is 0.607. The molecule has 0 saturated heterocycles. The molecule has 3 rings (SSSR count). The number of carbonyl (C=O) groups excluding carboxylic acids is 1. The van der Waals surface area contributed by atoms with Crippen LogP contribution in [-0.2, 0) is 0 Å². The second-order valence-electron chi connectivity index (χ2n) is 4.16. The van der Waals surface area contributed by atoms with Gasteiger partial charge in [0.25, 0.3) is 0 Å². The minimum atomic E-state index is -0.285. The SMILES string of the molecule is O=C(NN=C1C[C@@H]2C=CC[C@H]12)c1ccco1. The first-order chi connectivity index (χ1) is 7.84. The van der Waals surface area contributed by atoms with Crippen molar-refractivity contribution in [2.75, 3.05) is 0 Å². The summed E-state index contributed by atoms with van der Waals surface area (Å²) in [7, 11) is 0. The van der Waals surface area contributed by atoms with Gasteiger partial charge in [-0.15, -0.1) is 0 Å². The first-order valence-electron chi connectivity index (χ1n) is 5.41. The summed E-state index contributed by atoms with van der Waals surface area (Å²) in [5, 5.41) is 4.15. The zero-order valence-electron chi connectivity index (χ0n) is 8.72. The Morgan fingerprint density at radius 1 is 1.56 bits per heavy atom. The van der Waals surface area contributed by atoms with Crippen molar-refractivity contribution in [3.05, 3.63) is 36.3 Å². The number of nitrogens with one attached hydrogen (secondary N) is 1. The molecule has 1 aromatic heterocycles. The summed E-state index contributed by atoms with van der Waals surface area (Å²) in [6.45, 7) is 0. The van der Waals surface area contributed by atoms with E-state index in [2.05, 4.69) is 22.7 Å². The van der Waals surface area contributed by atoms with E-state index in [0.717, 1.165) is 18.6 Å². The molecule has 1 heterocycles. The van der Waals surface area contributed by atoms with Crippen LogP contribution in [-0.4, -0.2) is 11.6 Å². The number of hydrogen-bond acceptors (Lipinski definition) is 3. The molecule has 1 amide bonds. The molecular weight excluding hydrogens is 204 g/mol. The highest BCUT2D eigenvalue weighted by Gasteiger charge is 2.38. The van der Waals surface area contributed by atoms with Crippen LogP contribution in [0.25, 0.3) is 0 Å². The molecule has 0 bridgehead atoms. The second-order valence-corrected chi connectivity index (χ2v) is 4.16. The van der Waals surface area contributed by atoms with Gasteiger partial charge in [0.1, 0.15) is 0 Å². The molecule has 2 aliphatic rings. The van der Waals surface area contributed by atoms with E-state index in [9.17, 15) is 4.79 Å². The number of rotatable bonds is 2. The minimum Gasteiger partial charge on any atom is -0.459 e. The summed E-state index contributed by atoms with van der Waals surface area (Å²) in [6.07, 6.45) is 7.92. The lowest BCUT2D eigenvalue weighted by Crippen LogP contribution is -2.35. The zero-order valence-corrected chi connectivity index (χ0v) is 8.72. The molecule has 2 atom stereocenters. The van der Waals surface area contributed by atoms with Crippen LogP contribution in [0, 0.1) is 11.8 Å².